The molecule has 0 saturated carbocycles. The van der Waals surface area contributed by atoms with Gasteiger partial charge in [-0.2, -0.15) is 0 Å². The third kappa shape index (κ3) is 8.08. The Morgan fingerprint density at radius 1 is 0.552 bits per heavy atom. The van der Waals surface area contributed by atoms with Crippen LogP contribution in [0.4, 0.5) is 0 Å². The SMILES string of the molecule is CC(C)(C)c1ccccc1-n1c(-c2[c-]cccc2)nc2ccccc21.CC(C)c1cccc(C(C)C)c1-n1c(-c2[c-]ccc3c2oc2c4nc(C(C)(C)C)oc4cnc32)nc2ccccc21.[Ir]. The van der Waals surface area contributed by atoms with Crippen LogP contribution >= 0.6 is 0 Å². The van der Waals surface area contributed by atoms with Gasteiger partial charge in [-0.1, -0.05) is 135 Å². The van der Waals surface area contributed by atoms with Crippen molar-refractivity contribution in [2.45, 2.75) is 91.9 Å². The standard InChI is InChI=1S/C35H33N4O2.C23H21N2.Ir/c1-19(2)21-12-10-13-22(20(3)4)30(21)39-26-17-9-8-16-25(26)37-33(39)24-15-11-14-23-28-32(41-31(23)24)29-27(18-36-28)40-34(38-29)35(5,6)7;1-23(2,3)18-13-7-9-15-20(18)25-21-16-10-8-14-19(21)24-22(25)17-11-5-4-6-12-17;/h8-14,16-20H,1-7H3;4-11,13-16H,1-3H3;/q2*-1;. The zero-order valence-corrected chi connectivity index (χ0v) is 42.1. The van der Waals surface area contributed by atoms with Gasteiger partial charge < -0.3 is 18.0 Å². The number of para-hydroxylation sites is 6. The van der Waals surface area contributed by atoms with Crippen molar-refractivity contribution in [2.75, 3.05) is 0 Å². The van der Waals surface area contributed by atoms with E-state index in [-0.39, 0.29) is 30.9 Å². The molecule has 9 heteroatoms. The molecule has 0 unspecified atom stereocenters. The van der Waals surface area contributed by atoms with E-state index in [1.807, 2.05) is 42.5 Å². The average molecular weight is 1060 g/mol. The summed E-state index contributed by atoms with van der Waals surface area (Å²) >= 11 is 0. The molecule has 0 N–H and O–H groups in total. The molecule has 0 saturated heterocycles. The Kier molecular flexibility index (Phi) is 11.9. The minimum absolute atomic E-state index is 0. The molecule has 5 aromatic heterocycles. The minimum atomic E-state index is -0.237. The minimum Gasteiger partial charge on any atom is -0.497 e. The number of furan rings is 1. The summed E-state index contributed by atoms with van der Waals surface area (Å²) in [5.74, 6) is 3.02. The van der Waals surface area contributed by atoms with E-state index in [1.54, 1.807) is 6.20 Å². The predicted molar refractivity (Wildman–Crippen MR) is 269 cm³/mol. The fourth-order valence-electron chi connectivity index (χ4n) is 9.01. The molecule has 0 atom stereocenters. The van der Waals surface area contributed by atoms with Crippen molar-refractivity contribution < 1.29 is 28.9 Å². The van der Waals surface area contributed by atoms with Gasteiger partial charge in [-0.15, -0.1) is 54.1 Å². The molecule has 8 nitrogen and oxygen atoms in total. The first-order valence-electron chi connectivity index (χ1n) is 22.9. The molecule has 0 aliphatic rings. The van der Waals surface area contributed by atoms with E-state index in [1.165, 1.54) is 28.1 Å². The maximum absolute atomic E-state index is 6.65. The smallest absolute Gasteiger partial charge is 0.201 e. The fourth-order valence-corrected chi connectivity index (χ4v) is 9.01. The molecule has 0 amide bonds. The summed E-state index contributed by atoms with van der Waals surface area (Å²) in [5, 5.41) is 0.899. The van der Waals surface area contributed by atoms with Gasteiger partial charge >= 0.3 is 0 Å². The summed E-state index contributed by atoms with van der Waals surface area (Å²) in [4.78, 5) is 19.7. The number of fused-ring (bicyclic) bond motifs is 7. The van der Waals surface area contributed by atoms with E-state index >= 15 is 0 Å². The van der Waals surface area contributed by atoms with Crippen molar-refractivity contribution in [3.8, 4) is 34.2 Å². The largest absolute Gasteiger partial charge is 0.497 e. The first kappa shape index (κ1) is 45.5. The van der Waals surface area contributed by atoms with Gasteiger partial charge in [-0.3, -0.25) is 9.97 Å². The number of aromatic nitrogens is 6. The van der Waals surface area contributed by atoms with Crippen LogP contribution in [0.3, 0.4) is 0 Å². The Morgan fingerprint density at radius 3 is 1.82 bits per heavy atom. The zero-order valence-electron chi connectivity index (χ0n) is 39.7. The summed E-state index contributed by atoms with van der Waals surface area (Å²) in [6.45, 7) is 22.0. The van der Waals surface area contributed by atoms with Gasteiger partial charge in [0.15, 0.2) is 16.7 Å². The van der Waals surface area contributed by atoms with Crippen LogP contribution in [0.15, 0.2) is 142 Å². The second-order valence-corrected chi connectivity index (χ2v) is 19.8. The number of benzene rings is 6. The van der Waals surface area contributed by atoms with Gasteiger partial charge in [0, 0.05) is 36.9 Å². The zero-order chi connectivity index (χ0) is 46.1. The number of pyridine rings is 1. The second-order valence-electron chi connectivity index (χ2n) is 19.8. The number of hydrogen-bond donors (Lipinski definition) is 0. The van der Waals surface area contributed by atoms with Crippen LogP contribution in [-0.2, 0) is 30.9 Å². The van der Waals surface area contributed by atoms with Gasteiger partial charge in [0.2, 0.25) is 5.89 Å². The number of oxazole rings is 1. The molecule has 0 fully saturated rings. The quantitative estimate of drug-likeness (QED) is 0.154. The summed E-state index contributed by atoms with van der Waals surface area (Å²) in [6, 6.07) is 50.6. The summed E-state index contributed by atoms with van der Waals surface area (Å²) < 4.78 is 17.3. The monoisotopic (exact) mass is 1060 g/mol. The molecule has 67 heavy (non-hydrogen) atoms. The van der Waals surface area contributed by atoms with E-state index in [0.717, 1.165) is 55.7 Å². The molecule has 6 aromatic carbocycles. The van der Waals surface area contributed by atoms with E-state index in [0.29, 0.717) is 40.0 Å². The fraction of sp³-hybridized carbons (Fsp3) is 0.241. The maximum atomic E-state index is 6.65. The second kappa shape index (κ2) is 17.5. The molecule has 0 aliphatic heterocycles. The molecular weight excluding hydrogens is 1000 g/mol. The van der Waals surface area contributed by atoms with Gasteiger partial charge in [0.25, 0.3) is 0 Å². The van der Waals surface area contributed by atoms with E-state index in [2.05, 4.69) is 175 Å². The normalized spacial score (nSPS) is 12.2. The molecule has 1 radical (unpaired) electrons. The maximum Gasteiger partial charge on any atom is 0.201 e. The van der Waals surface area contributed by atoms with Crippen LogP contribution in [0.2, 0.25) is 0 Å². The van der Waals surface area contributed by atoms with Crippen LogP contribution in [0, 0.1) is 12.1 Å². The van der Waals surface area contributed by atoms with Gasteiger partial charge in [-0.25, -0.2) is 9.97 Å². The van der Waals surface area contributed by atoms with E-state index in [4.69, 9.17) is 28.8 Å². The topological polar surface area (TPSA) is 87.7 Å². The van der Waals surface area contributed by atoms with Gasteiger partial charge in [0.1, 0.15) is 0 Å². The van der Waals surface area contributed by atoms with E-state index in [9.17, 15) is 0 Å². The van der Waals surface area contributed by atoms with Gasteiger partial charge in [-0.05, 0) is 69.7 Å². The Hall–Kier alpha value is -6.67. The number of rotatable bonds is 6. The summed E-state index contributed by atoms with van der Waals surface area (Å²) in [6.07, 6.45) is 1.74. The number of nitrogens with zero attached hydrogens (tertiary/aromatic N) is 6. The van der Waals surface area contributed by atoms with Crippen LogP contribution < -0.4 is 0 Å². The Balaban J connectivity index is 0.000000186. The molecule has 0 spiro atoms. The molecule has 0 aliphatic carbocycles. The van der Waals surface area contributed by atoms with E-state index < -0.39 is 0 Å². The first-order chi connectivity index (χ1) is 31.7. The average Bonchev–Trinajstić information content (AvgIpc) is 4.10. The van der Waals surface area contributed by atoms with Crippen molar-refractivity contribution in [2.24, 2.45) is 0 Å². The molecule has 11 rings (SSSR count). The number of hydrogen-bond acceptors (Lipinski definition) is 6. The Morgan fingerprint density at radius 2 is 1.18 bits per heavy atom. The van der Waals surface area contributed by atoms with Crippen molar-refractivity contribution in [1.29, 1.82) is 0 Å². The van der Waals surface area contributed by atoms with Crippen LogP contribution in [0.1, 0.15) is 104 Å². The van der Waals surface area contributed by atoms with Crippen LogP contribution in [0.25, 0.3) is 89.4 Å². The first-order valence-corrected chi connectivity index (χ1v) is 22.9. The molecule has 5 heterocycles. The summed E-state index contributed by atoms with van der Waals surface area (Å²) in [5.41, 5.74) is 15.2. The third-order valence-electron chi connectivity index (χ3n) is 12.3. The Bertz CT molecular complexity index is 3550. The van der Waals surface area contributed by atoms with Crippen LogP contribution in [0.5, 0.6) is 0 Å². The third-order valence-corrected chi connectivity index (χ3v) is 12.3. The predicted octanol–water partition coefficient (Wildman–Crippen LogP) is 15.3. The van der Waals surface area contributed by atoms with Crippen molar-refractivity contribution in [3.05, 3.63) is 168 Å². The van der Waals surface area contributed by atoms with Crippen molar-refractivity contribution in [3.63, 3.8) is 0 Å². The molecular formula is C58H54IrN6O2-2. The van der Waals surface area contributed by atoms with Crippen molar-refractivity contribution >= 4 is 55.2 Å². The Labute approximate surface area is 405 Å². The molecule has 0 bridgehead atoms. The number of imidazole rings is 2. The van der Waals surface area contributed by atoms with Crippen molar-refractivity contribution in [1.82, 2.24) is 29.1 Å². The molecule has 339 valence electrons. The van der Waals surface area contributed by atoms with Crippen LogP contribution in [-0.4, -0.2) is 29.1 Å². The summed E-state index contributed by atoms with van der Waals surface area (Å²) in [7, 11) is 0. The van der Waals surface area contributed by atoms with Gasteiger partial charge in [0.05, 0.1) is 51.0 Å². The molecule has 11 aromatic rings.